The molecule has 9 heteroatoms. The number of hydrogen-bond acceptors (Lipinski definition) is 6. The zero-order chi connectivity index (χ0) is 19.0. The van der Waals surface area contributed by atoms with Crippen LogP contribution < -0.4 is 4.80 Å². The average Bonchev–Trinajstić information content (AvgIpc) is 3.25. The van der Waals surface area contributed by atoms with E-state index >= 15 is 0 Å². The molecule has 2 aromatic carbocycles. The predicted molar refractivity (Wildman–Crippen MR) is 106 cm³/mol. The Morgan fingerprint density at radius 2 is 1.78 bits per heavy atom. The zero-order valence-corrected chi connectivity index (χ0v) is 16.3. The van der Waals surface area contributed by atoms with Gasteiger partial charge in [0, 0.05) is 11.9 Å². The summed E-state index contributed by atoms with van der Waals surface area (Å²) < 4.78 is 2.39. The maximum absolute atomic E-state index is 12.9. The van der Waals surface area contributed by atoms with E-state index in [2.05, 4.69) is 15.1 Å². The van der Waals surface area contributed by atoms with Crippen LogP contribution >= 0.6 is 34.3 Å². The quantitative estimate of drug-likeness (QED) is 0.477. The van der Waals surface area contributed by atoms with E-state index in [0.29, 0.717) is 20.5 Å². The molecular weight excluding hydrogens is 404 g/mol. The van der Waals surface area contributed by atoms with Gasteiger partial charge in [0.05, 0.1) is 15.9 Å². The van der Waals surface area contributed by atoms with Crippen molar-refractivity contribution in [1.29, 1.82) is 0 Å². The van der Waals surface area contributed by atoms with Gasteiger partial charge in [-0.05, 0) is 36.4 Å². The Kier molecular flexibility index (Phi) is 4.69. The number of rotatable bonds is 3. The molecule has 0 bridgehead atoms. The van der Waals surface area contributed by atoms with Crippen LogP contribution in [-0.2, 0) is 4.79 Å². The fourth-order valence-corrected chi connectivity index (χ4v) is 4.38. The second kappa shape index (κ2) is 7.15. The van der Waals surface area contributed by atoms with Crippen LogP contribution in [0.1, 0.15) is 21.7 Å². The van der Waals surface area contributed by atoms with Crippen LogP contribution in [0.2, 0.25) is 5.02 Å². The van der Waals surface area contributed by atoms with Crippen LogP contribution in [0.25, 0.3) is 15.9 Å². The van der Waals surface area contributed by atoms with Gasteiger partial charge in [0.2, 0.25) is 10.7 Å². The molecule has 1 amide bonds. The van der Waals surface area contributed by atoms with E-state index in [1.54, 1.807) is 24.3 Å². The average molecular weight is 415 g/mol. The SMILES string of the molecule is CC(=O)N=c1sc(C(=O)c2nc3ccccc3s2)nn1-c1ccc(Cl)cc1. The van der Waals surface area contributed by atoms with Crippen molar-refractivity contribution in [2.45, 2.75) is 6.92 Å². The number of para-hydroxylation sites is 1. The number of ketones is 1. The summed E-state index contributed by atoms with van der Waals surface area (Å²) in [6, 6.07) is 14.4. The van der Waals surface area contributed by atoms with Gasteiger partial charge in [-0.1, -0.05) is 35.1 Å². The largest absolute Gasteiger partial charge is 0.283 e. The number of amides is 1. The molecule has 4 rings (SSSR count). The molecule has 0 spiro atoms. The van der Waals surface area contributed by atoms with E-state index < -0.39 is 0 Å². The fraction of sp³-hybridized carbons (Fsp3) is 0.0556. The second-order valence-corrected chi connectivity index (χ2v) is 7.95. The van der Waals surface area contributed by atoms with Crippen LogP contribution in [0.4, 0.5) is 0 Å². The Bertz CT molecular complexity index is 1210. The Balaban J connectivity index is 1.82. The Morgan fingerprint density at radius 1 is 1.04 bits per heavy atom. The van der Waals surface area contributed by atoms with Crippen molar-refractivity contribution in [3.63, 3.8) is 0 Å². The standard InChI is InChI=1S/C18H11ClN4O2S2/c1-10(24)20-18-23(12-8-6-11(19)7-9-12)22-17(27-18)15(25)16-21-13-4-2-3-5-14(13)26-16/h2-9H,1H3. The van der Waals surface area contributed by atoms with Gasteiger partial charge < -0.3 is 0 Å². The summed E-state index contributed by atoms with van der Waals surface area (Å²) in [5.74, 6) is -0.672. The topological polar surface area (TPSA) is 77.2 Å². The number of aromatic nitrogens is 3. The van der Waals surface area contributed by atoms with Crippen LogP contribution in [0, 0.1) is 0 Å². The van der Waals surface area contributed by atoms with Crippen LogP contribution in [-0.4, -0.2) is 26.5 Å². The lowest BCUT2D eigenvalue weighted by molar-refractivity contribution is -0.116. The molecule has 0 aliphatic heterocycles. The first-order valence-electron chi connectivity index (χ1n) is 7.83. The van der Waals surface area contributed by atoms with Gasteiger partial charge in [-0.2, -0.15) is 10.1 Å². The third-order valence-corrected chi connectivity index (χ3v) is 5.76. The van der Waals surface area contributed by atoms with Gasteiger partial charge >= 0.3 is 0 Å². The smallest absolute Gasteiger partial charge is 0.252 e. The lowest BCUT2D eigenvalue weighted by atomic mass is 10.3. The number of benzene rings is 2. The molecule has 0 aliphatic carbocycles. The van der Waals surface area contributed by atoms with Crippen molar-refractivity contribution >= 4 is 56.2 Å². The highest BCUT2D eigenvalue weighted by molar-refractivity contribution is 7.21. The summed E-state index contributed by atoms with van der Waals surface area (Å²) in [5, 5.41) is 5.51. The normalized spacial score (nSPS) is 11.9. The first-order chi connectivity index (χ1) is 13.0. The summed E-state index contributed by atoms with van der Waals surface area (Å²) in [4.78, 5) is 33.1. The minimum Gasteiger partial charge on any atom is -0.283 e. The molecule has 4 aromatic rings. The van der Waals surface area contributed by atoms with Crippen molar-refractivity contribution in [2.75, 3.05) is 0 Å². The van der Waals surface area contributed by atoms with E-state index in [0.717, 1.165) is 21.6 Å². The monoisotopic (exact) mass is 414 g/mol. The van der Waals surface area contributed by atoms with Gasteiger partial charge in [0.1, 0.15) is 0 Å². The van der Waals surface area contributed by atoms with Crippen LogP contribution in [0.5, 0.6) is 0 Å². The maximum Gasteiger partial charge on any atom is 0.252 e. The van der Waals surface area contributed by atoms with E-state index in [-0.39, 0.29) is 16.7 Å². The van der Waals surface area contributed by atoms with Gasteiger partial charge in [-0.25, -0.2) is 9.67 Å². The molecule has 0 N–H and O–H groups in total. The van der Waals surface area contributed by atoms with Crippen molar-refractivity contribution in [3.05, 3.63) is 68.4 Å². The van der Waals surface area contributed by atoms with Crippen molar-refractivity contribution in [2.24, 2.45) is 4.99 Å². The third kappa shape index (κ3) is 3.59. The Hall–Kier alpha value is -2.68. The highest BCUT2D eigenvalue weighted by Gasteiger charge is 2.20. The molecule has 0 saturated heterocycles. The molecule has 27 heavy (non-hydrogen) atoms. The number of halogens is 1. The molecule has 0 radical (unpaired) electrons. The number of hydrogen-bond donors (Lipinski definition) is 0. The highest BCUT2D eigenvalue weighted by atomic mass is 35.5. The van der Waals surface area contributed by atoms with E-state index in [1.807, 2.05) is 24.3 Å². The van der Waals surface area contributed by atoms with Crippen molar-refractivity contribution in [1.82, 2.24) is 14.8 Å². The first-order valence-corrected chi connectivity index (χ1v) is 9.84. The van der Waals surface area contributed by atoms with Gasteiger partial charge in [0.25, 0.3) is 5.78 Å². The van der Waals surface area contributed by atoms with Gasteiger partial charge in [-0.15, -0.1) is 11.3 Å². The lowest BCUT2D eigenvalue weighted by Gasteiger charge is -2.00. The number of carbonyl (C=O) groups excluding carboxylic acids is 2. The highest BCUT2D eigenvalue weighted by Crippen LogP contribution is 2.24. The Labute approximate surface area is 166 Å². The number of fused-ring (bicyclic) bond motifs is 1. The van der Waals surface area contributed by atoms with Crippen LogP contribution in [0.3, 0.4) is 0 Å². The van der Waals surface area contributed by atoms with Gasteiger partial charge in [0.15, 0.2) is 10.0 Å². The summed E-state index contributed by atoms with van der Waals surface area (Å²) in [7, 11) is 0. The minimum atomic E-state index is -0.375. The summed E-state index contributed by atoms with van der Waals surface area (Å²) >= 11 is 8.29. The van der Waals surface area contributed by atoms with E-state index in [9.17, 15) is 9.59 Å². The maximum atomic E-state index is 12.9. The molecule has 0 unspecified atom stereocenters. The summed E-state index contributed by atoms with van der Waals surface area (Å²) in [6.07, 6.45) is 0. The molecule has 134 valence electrons. The molecule has 2 aromatic heterocycles. The number of nitrogens with zero attached hydrogens (tertiary/aromatic N) is 4. The second-order valence-electron chi connectivity index (χ2n) is 5.52. The minimum absolute atomic E-state index is 0.212. The number of thiazole rings is 1. The van der Waals surface area contributed by atoms with Crippen molar-refractivity contribution in [3.8, 4) is 5.69 Å². The zero-order valence-electron chi connectivity index (χ0n) is 13.9. The molecule has 0 atom stereocenters. The van der Waals surface area contributed by atoms with Crippen LogP contribution in [0.15, 0.2) is 53.5 Å². The summed E-state index contributed by atoms with van der Waals surface area (Å²) in [5.41, 5.74) is 1.42. The number of carbonyl (C=O) groups is 2. The lowest BCUT2D eigenvalue weighted by Crippen LogP contribution is -2.15. The molecule has 6 nitrogen and oxygen atoms in total. The first kappa shape index (κ1) is 17.7. The van der Waals surface area contributed by atoms with Gasteiger partial charge in [-0.3, -0.25) is 9.59 Å². The molecule has 0 saturated carbocycles. The van der Waals surface area contributed by atoms with E-state index in [1.165, 1.54) is 22.9 Å². The Morgan fingerprint density at radius 3 is 2.48 bits per heavy atom. The molecule has 0 aliphatic rings. The predicted octanol–water partition coefficient (Wildman–Crippen LogP) is 3.88. The summed E-state index contributed by atoms with van der Waals surface area (Å²) in [6.45, 7) is 1.35. The molecule has 2 heterocycles. The van der Waals surface area contributed by atoms with Crippen molar-refractivity contribution < 1.29 is 9.59 Å². The van der Waals surface area contributed by atoms with E-state index in [4.69, 9.17) is 11.6 Å². The molecule has 0 fully saturated rings. The fourth-order valence-electron chi connectivity index (χ4n) is 2.39. The third-order valence-electron chi connectivity index (χ3n) is 3.57. The molecular formula is C18H11ClN4O2S2.